The molecule has 0 heterocycles. The molecule has 3 nitrogen and oxygen atoms in total. The Kier molecular flexibility index (Phi) is 6.96. The zero-order chi connectivity index (χ0) is 23.3. The summed E-state index contributed by atoms with van der Waals surface area (Å²) in [7, 11) is 0. The molecular formula is C29H50O3. The van der Waals surface area contributed by atoms with Gasteiger partial charge in [0.05, 0.1) is 17.8 Å². The molecular weight excluding hydrogens is 396 g/mol. The molecule has 0 aromatic carbocycles. The smallest absolute Gasteiger partial charge is 0.0945 e. The van der Waals surface area contributed by atoms with Crippen LogP contribution >= 0.6 is 0 Å². The van der Waals surface area contributed by atoms with Crippen molar-refractivity contribution in [3.8, 4) is 0 Å². The summed E-state index contributed by atoms with van der Waals surface area (Å²) in [6.07, 6.45) is 13.1. The van der Waals surface area contributed by atoms with Crippen LogP contribution in [0.2, 0.25) is 0 Å². The molecule has 3 saturated carbocycles. The second-order valence-corrected chi connectivity index (χ2v) is 12.9. The number of hydrogen-bond donors (Lipinski definition) is 2. The highest BCUT2D eigenvalue weighted by Gasteiger charge is 2.62. The summed E-state index contributed by atoms with van der Waals surface area (Å²) >= 11 is 0. The number of allylic oxidation sites excluding steroid dienone is 1. The first-order valence-corrected chi connectivity index (χ1v) is 13.8. The first-order chi connectivity index (χ1) is 15.1. The number of fused-ring (bicyclic) bond motifs is 5. The molecule has 4 rings (SSSR count). The van der Waals surface area contributed by atoms with Gasteiger partial charge in [0.1, 0.15) is 0 Å². The Labute approximate surface area is 197 Å². The molecule has 0 aliphatic heterocycles. The van der Waals surface area contributed by atoms with Gasteiger partial charge in [-0.3, -0.25) is 0 Å². The standard InChI is InChI=1S/C29H50O3/c1-7-32-29(6,26(31)13-8-19(2)3)25-12-11-23-22-10-9-20-18-21(30)14-16-27(20,4)24(22)15-17-28(23,25)5/h9,19,21-26,30-31H,7-8,10-18H2,1-6H3/t21?,22?,23?,24?,25?,26-,27-,28-,29-/m1/s1. The number of aliphatic hydroxyl groups excluding tert-OH is 2. The van der Waals surface area contributed by atoms with Crippen LogP contribution in [0.3, 0.4) is 0 Å². The first kappa shape index (κ1) is 24.7. The molecule has 3 heteroatoms. The van der Waals surface area contributed by atoms with Gasteiger partial charge in [-0.25, -0.2) is 0 Å². The lowest BCUT2D eigenvalue weighted by molar-refractivity contribution is -0.180. The number of ether oxygens (including phenoxy) is 1. The van der Waals surface area contributed by atoms with Crippen molar-refractivity contribution in [3.05, 3.63) is 11.6 Å². The maximum absolute atomic E-state index is 11.4. The highest BCUT2D eigenvalue weighted by atomic mass is 16.5. The predicted octanol–water partition coefficient (Wildman–Crippen LogP) is 6.52. The van der Waals surface area contributed by atoms with Crippen LogP contribution in [0.15, 0.2) is 11.6 Å². The normalized spacial score (nSPS) is 44.3. The van der Waals surface area contributed by atoms with E-state index < -0.39 is 11.7 Å². The van der Waals surface area contributed by atoms with Crippen LogP contribution in [0.25, 0.3) is 0 Å². The quantitative estimate of drug-likeness (QED) is 0.438. The zero-order valence-electron chi connectivity index (χ0n) is 21.7. The molecule has 4 aliphatic carbocycles. The van der Waals surface area contributed by atoms with Crippen LogP contribution in [0.5, 0.6) is 0 Å². The second kappa shape index (κ2) is 9.00. The fourth-order valence-electron chi connectivity index (χ4n) is 9.10. The first-order valence-electron chi connectivity index (χ1n) is 13.8. The van der Waals surface area contributed by atoms with Crippen molar-refractivity contribution in [3.63, 3.8) is 0 Å². The Morgan fingerprint density at radius 3 is 2.53 bits per heavy atom. The molecule has 0 saturated heterocycles. The van der Waals surface area contributed by atoms with Crippen LogP contribution < -0.4 is 0 Å². The van der Waals surface area contributed by atoms with Crippen molar-refractivity contribution in [1.82, 2.24) is 0 Å². The minimum atomic E-state index is -0.450. The maximum Gasteiger partial charge on any atom is 0.0945 e. The largest absolute Gasteiger partial charge is 0.393 e. The van der Waals surface area contributed by atoms with E-state index in [2.05, 4.69) is 47.6 Å². The van der Waals surface area contributed by atoms with Gasteiger partial charge < -0.3 is 14.9 Å². The van der Waals surface area contributed by atoms with Crippen molar-refractivity contribution in [1.29, 1.82) is 0 Å². The van der Waals surface area contributed by atoms with Gasteiger partial charge in [0.15, 0.2) is 0 Å². The van der Waals surface area contributed by atoms with Crippen molar-refractivity contribution in [2.24, 2.45) is 40.4 Å². The summed E-state index contributed by atoms with van der Waals surface area (Å²) in [5.74, 6) is 3.27. The van der Waals surface area contributed by atoms with E-state index in [1.54, 1.807) is 5.57 Å². The highest BCUT2D eigenvalue weighted by Crippen LogP contribution is 2.68. The third kappa shape index (κ3) is 3.93. The van der Waals surface area contributed by atoms with Crippen molar-refractivity contribution < 1.29 is 14.9 Å². The molecule has 0 amide bonds. The Morgan fingerprint density at radius 2 is 1.84 bits per heavy atom. The van der Waals surface area contributed by atoms with Crippen LogP contribution in [0.1, 0.15) is 106 Å². The van der Waals surface area contributed by atoms with Crippen LogP contribution in [-0.4, -0.2) is 34.6 Å². The molecule has 184 valence electrons. The summed E-state index contributed by atoms with van der Waals surface area (Å²) in [4.78, 5) is 0. The molecule has 0 aromatic heterocycles. The van der Waals surface area contributed by atoms with Gasteiger partial charge in [0, 0.05) is 6.61 Å². The van der Waals surface area contributed by atoms with E-state index in [0.29, 0.717) is 23.9 Å². The third-order valence-electron chi connectivity index (χ3n) is 10.9. The van der Waals surface area contributed by atoms with Crippen molar-refractivity contribution in [2.75, 3.05) is 6.61 Å². The van der Waals surface area contributed by atoms with Crippen molar-refractivity contribution in [2.45, 2.75) is 124 Å². The monoisotopic (exact) mass is 446 g/mol. The van der Waals surface area contributed by atoms with E-state index in [-0.39, 0.29) is 11.5 Å². The van der Waals surface area contributed by atoms with E-state index in [4.69, 9.17) is 4.74 Å². The molecule has 0 aromatic rings. The third-order valence-corrected chi connectivity index (χ3v) is 10.9. The predicted molar refractivity (Wildman–Crippen MR) is 131 cm³/mol. The fraction of sp³-hybridized carbons (Fsp3) is 0.931. The number of aliphatic hydroxyl groups is 2. The Balaban J connectivity index is 1.59. The van der Waals surface area contributed by atoms with Crippen LogP contribution in [-0.2, 0) is 4.74 Å². The van der Waals surface area contributed by atoms with E-state index in [0.717, 1.165) is 49.9 Å². The molecule has 0 bridgehead atoms. The van der Waals surface area contributed by atoms with Gasteiger partial charge in [0.25, 0.3) is 0 Å². The van der Waals surface area contributed by atoms with Crippen LogP contribution in [0, 0.1) is 40.4 Å². The topological polar surface area (TPSA) is 49.7 Å². The van der Waals surface area contributed by atoms with Gasteiger partial charge >= 0.3 is 0 Å². The Hall–Kier alpha value is -0.380. The lowest BCUT2D eigenvalue weighted by atomic mass is 9.46. The van der Waals surface area contributed by atoms with E-state index in [1.165, 1.54) is 32.1 Å². The molecule has 5 unspecified atom stereocenters. The maximum atomic E-state index is 11.4. The average Bonchev–Trinajstić information content (AvgIpc) is 3.10. The lowest BCUT2D eigenvalue weighted by Gasteiger charge is -2.59. The van der Waals surface area contributed by atoms with E-state index in [1.807, 2.05) is 0 Å². The minimum Gasteiger partial charge on any atom is -0.393 e. The molecule has 3 fully saturated rings. The van der Waals surface area contributed by atoms with Gasteiger partial charge in [-0.15, -0.1) is 0 Å². The molecule has 2 N–H and O–H groups in total. The van der Waals surface area contributed by atoms with Gasteiger partial charge in [0.2, 0.25) is 0 Å². The molecule has 32 heavy (non-hydrogen) atoms. The number of hydrogen-bond acceptors (Lipinski definition) is 3. The van der Waals surface area contributed by atoms with Gasteiger partial charge in [-0.1, -0.05) is 39.3 Å². The lowest BCUT2D eigenvalue weighted by Crippen LogP contribution is -2.56. The molecule has 9 atom stereocenters. The van der Waals surface area contributed by atoms with E-state index >= 15 is 0 Å². The summed E-state index contributed by atoms with van der Waals surface area (Å²) in [5.41, 5.74) is 1.65. The molecule has 0 spiro atoms. The summed E-state index contributed by atoms with van der Waals surface area (Å²) in [6.45, 7) is 14.5. The summed E-state index contributed by atoms with van der Waals surface area (Å²) < 4.78 is 6.49. The second-order valence-electron chi connectivity index (χ2n) is 12.9. The fourth-order valence-corrected chi connectivity index (χ4v) is 9.10. The zero-order valence-corrected chi connectivity index (χ0v) is 21.7. The molecule has 0 radical (unpaired) electrons. The SMILES string of the molecule is CCO[C@](C)(C1CCC2C3CC=C4CC(O)CC[C@@]4(C)C3CC[C@]21C)[C@H](O)CCC(C)C. The van der Waals surface area contributed by atoms with Crippen LogP contribution in [0.4, 0.5) is 0 Å². The van der Waals surface area contributed by atoms with E-state index in [9.17, 15) is 10.2 Å². The summed E-state index contributed by atoms with van der Waals surface area (Å²) in [6, 6.07) is 0. The Morgan fingerprint density at radius 1 is 1.09 bits per heavy atom. The summed E-state index contributed by atoms with van der Waals surface area (Å²) in [5, 5.41) is 21.7. The Bertz CT molecular complexity index is 701. The van der Waals surface area contributed by atoms with Gasteiger partial charge in [-0.05, 0) is 118 Å². The average molecular weight is 447 g/mol. The highest BCUT2D eigenvalue weighted by molar-refractivity contribution is 5.25. The molecule has 4 aliphatic rings. The number of rotatable bonds is 7. The van der Waals surface area contributed by atoms with Gasteiger partial charge in [-0.2, -0.15) is 0 Å². The minimum absolute atomic E-state index is 0.130. The van der Waals surface area contributed by atoms with Crippen molar-refractivity contribution >= 4 is 0 Å².